The van der Waals surface area contributed by atoms with Crippen molar-refractivity contribution in [3.8, 4) is 11.5 Å². The molecule has 252 valence electrons. The predicted octanol–water partition coefficient (Wildman–Crippen LogP) is 4.78. The molecular weight excluding hydrogens is 614 g/mol. The van der Waals surface area contributed by atoms with E-state index in [2.05, 4.69) is 10.6 Å². The summed E-state index contributed by atoms with van der Waals surface area (Å²) in [5.41, 5.74) is 5.76. The van der Waals surface area contributed by atoms with E-state index in [1.807, 2.05) is 109 Å². The maximum atomic E-state index is 14.0. The third-order valence-corrected chi connectivity index (χ3v) is 9.96. The second-order valence-electron chi connectivity index (χ2n) is 12.6. The fourth-order valence-corrected chi connectivity index (χ4v) is 7.09. The van der Waals surface area contributed by atoms with Gasteiger partial charge >= 0.3 is 0 Å². The molecule has 3 atom stereocenters. The first-order valence-electron chi connectivity index (χ1n) is 16.0. The van der Waals surface area contributed by atoms with E-state index < -0.39 is 34.7 Å². The van der Waals surface area contributed by atoms with Gasteiger partial charge in [-0.1, -0.05) is 48.5 Å². The molecule has 0 radical (unpaired) electrons. The van der Waals surface area contributed by atoms with Crippen LogP contribution in [-0.2, 0) is 27.3 Å². The molecule has 0 aromatic heterocycles. The number of hydrogen-bond donors (Lipinski definition) is 3. The summed E-state index contributed by atoms with van der Waals surface area (Å²) in [6.45, 7) is 14.1. The topological polar surface area (TPSA) is 117 Å². The summed E-state index contributed by atoms with van der Waals surface area (Å²) in [5, 5.41) is 17.5. The quantitative estimate of drug-likeness (QED) is 0.241. The van der Waals surface area contributed by atoms with Crippen molar-refractivity contribution in [2.24, 2.45) is 0 Å². The Hall–Kier alpha value is -4.02. The second-order valence-corrected chi connectivity index (χ2v) is 14.2. The SMILES string of the molecule is CCOc1ccc(C[C@H](NC(=O)COc2c(C)cccc2C)[C@H](O)C(=O)N2CSC(C)(C)[C@H]2C(=O)NCc2c(C)cccc2C)cc1. The maximum absolute atomic E-state index is 14.0. The molecule has 1 aliphatic heterocycles. The van der Waals surface area contributed by atoms with Gasteiger partial charge in [0, 0.05) is 11.3 Å². The zero-order valence-corrected chi connectivity index (χ0v) is 29.2. The first-order valence-corrected chi connectivity index (χ1v) is 17.0. The molecule has 0 bridgehead atoms. The van der Waals surface area contributed by atoms with E-state index in [1.54, 1.807) is 0 Å². The fraction of sp³-hybridized carbons (Fsp3) is 0.432. The summed E-state index contributed by atoms with van der Waals surface area (Å²) >= 11 is 1.47. The van der Waals surface area contributed by atoms with Gasteiger partial charge in [-0.25, -0.2) is 0 Å². The summed E-state index contributed by atoms with van der Waals surface area (Å²) in [4.78, 5) is 42.4. The van der Waals surface area contributed by atoms with Gasteiger partial charge in [-0.15, -0.1) is 11.8 Å². The number of benzene rings is 3. The number of rotatable bonds is 13. The van der Waals surface area contributed by atoms with Crippen molar-refractivity contribution in [1.82, 2.24) is 15.5 Å². The molecule has 1 heterocycles. The summed E-state index contributed by atoms with van der Waals surface area (Å²) in [6, 6.07) is 17.2. The molecule has 3 aromatic rings. The highest BCUT2D eigenvalue weighted by Gasteiger charge is 2.49. The van der Waals surface area contributed by atoms with Crippen LogP contribution >= 0.6 is 11.8 Å². The first-order chi connectivity index (χ1) is 22.3. The number of aryl methyl sites for hydroxylation is 4. The van der Waals surface area contributed by atoms with Gasteiger partial charge in [-0.05, 0) is 100 Å². The molecule has 3 amide bonds. The van der Waals surface area contributed by atoms with Crippen molar-refractivity contribution in [3.63, 3.8) is 0 Å². The van der Waals surface area contributed by atoms with E-state index >= 15 is 0 Å². The van der Waals surface area contributed by atoms with Crippen LogP contribution in [0.5, 0.6) is 11.5 Å². The minimum atomic E-state index is -1.62. The van der Waals surface area contributed by atoms with Crippen LogP contribution in [0.25, 0.3) is 0 Å². The number of amides is 3. The minimum absolute atomic E-state index is 0.169. The second kappa shape index (κ2) is 15.7. The van der Waals surface area contributed by atoms with Gasteiger partial charge in [0.2, 0.25) is 5.91 Å². The number of hydrogen-bond acceptors (Lipinski definition) is 7. The van der Waals surface area contributed by atoms with Crippen LogP contribution < -0.4 is 20.1 Å². The lowest BCUT2D eigenvalue weighted by Crippen LogP contribution is -2.59. The van der Waals surface area contributed by atoms with Crippen molar-refractivity contribution in [2.75, 3.05) is 19.1 Å². The van der Waals surface area contributed by atoms with Crippen molar-refractivity contribution >= 4 is 29.5 Å². The van der Waals surface area contributed by atoms with Crippen molar-refractivity contribution < 1.29 is 29.0 Å². The van der Waals surface area contributed by atoms with E-state index in [-0.39, 0.29) is 24.8 Å². The van der Waals surface area contributed by atoms with Crippen molar-refractivity contribution in [2.45, 2.75) is 84.4 Å². The van der Waals surface area contributed by atoms with Gasteiger partial charge in [0.1, 0.15) is 17.5 Å². The third kappa shape index (κ3) is 8.87. The standard InChI is InChI=1S/C37H47N3O6S/c1-8-45-28-17-15-27(16-18-28)19-30(39-31(41)21-46-33-25(4)13-10-14-26(33)5)32(42)36(44)40-22-47-37(6,7)34(40)35(43)38-20-29-23(2)11-9-12-24(29)3/h9-18,30,32,34,42H,8,19-22H2,1-7H3,(H,38,43)(H,39,41)/t30-,32-,34+/m0/s1. The number of aliphatic hydroxyl groups is 1. The average molecular weight is 662 g/mol. The van der Waals surface area contributed by atoms with Gasteiger partial charge in [-0.3, -0.25) is 14.4 Å². The monoisotopic (exact) mass is 661 g/mol. The lowest BCUT2D eigenvalue weighted by Gasteiger charge is -2.33. The first kappa shape index (κ1) is 35.8. The Kier molecular flexibility index (Phi) is 12.0. The van der Waals surface area contributed by atoms with Crippen LogP contribution in [0.1, 0.15) is 54.2 Å². The van der Waals surface area contributed by atoms with Gasteiger partial charge in [0.05, 0.1) is 18.5 Å². The van der Waals surface area contributed by atoms with Crippen LogP contribution in [0.2, 0.25) is 0 Å². The van der Waals surface area contributed by atoms with Gasteiger partial charge in [0.15, 0.2) is 12.7 Å². The van der Waals surface area contributed by atoms with Crippen molar-refractivity contribution in [1.29, 1.82) is 0 Å². The summed E-state index contributed by atoms with van der Waals surface area (Å²) in [6.07, 6.45) is -1.45. The fourth-order valence-electron chi connectivity index (χ4n) is 5.95. The van der Waals surface area contributed by atoms with Crippen LogP contribution in [-0.4, -0.2) is 69.8 Å². The smallest absolute Gasteiger partial charge is 0.258 e. The molecule has 0 aliphatic carbocycles. The van der Waals surface area contributed by atoms with Crippen LogP contribution in [0.15, 0.2) is 60.7 Å². The Morgan fingerprint density at radius 2 is 1.53 bits per heavy atom. The number of aliphatic hydroxyl groups excluding tert-OH is 1. The van der Waals surface area contributed by atoms with E-state index in [9.17, 15) is 19.5 Å². The number of para-hydroxylation sites is 1. The number of carbonyl (C=O) groups is 3. The Morgan fingerprint density at radius 3 is 2.13 bits per heavy atom. The number of thioether (sulfide) groups is 1. The summed E-state index contributed by atoms with van der Waals surface area (Å²) in [5.74, 6) is 0.146. The van der Waals surface area contributed by atoms with E-state index in [1.165, 1.54) is 16.7 Å². The molecule has 0 spiro atoms. The molecule has 1 saturated heterocycles. The molecule has 47 heavy (non-hydrogen) atoms. The molecule has 0 saturated carbocycles. The van der Waals surface area contributed by atoms with E-state index in [0.717, 1.165) is 33.4 Å². The van der Waals surface area contributed by atoms with Crippen molar-refractivity contribution in [3.05, 3.63) is 94.0 Å². The summed E-state index contributed by atoms with van der Waals surface area (Å²) in [7, 11) is 0. The molecule has 10 heteroatoms. The molecule has 3 N–H and O–H groups in total. The average Bonchev–Trinajstić information content (AvgIpc) is 3.35. The molecule has 1 fully saturated rings. The Bertz CT molecular complexity index is 1530. The molecule has 9 nitrogen and oxygen atoms in total. The molecular formula is C37H47N3O6S. The van der Waals surface area contributed by atoms with Gasteiger partial charge in [-0.2, -0.15) is 0 Å². The number of carbonyl (C=O) groups excluding carboxylic acids is 3. The van der Waals surface area contributed by atoms with Crippen LogP contribution in [0.3, 0.4) is 0 Å². The van der Waals surface area contributed by atoms with Gasteiger partial charge < -0.3 is 30.1 Å². The Balaban J connectivity index is 1.53. The molecule has 1 aliphatic rings. The lowest BCUT2D eigenvalue weighted by molar-refractivity contribution is -0.148. The largest absolute Gasteiger partial charge is 0.494 e. The highest BCUT2D eigenvalue weighted by Crippen LogP contribution is 2.40. The predicted molar refractivity (Wildman–Crippen MR) is 186 cm³/mol. The maximum Gasteiger partial charge on any atom is 0.258 e. The highest BCUT2D eigenvalue weighted by atomic mass is 32.2. The molecule has 0 unspecified atom stereocenters. The third-order valence-electron chi connectivity index (χ3n) is 8.59. The van der Waals surface area contributed by atoms with E-state index in [4.69, 9.17) is 9.47 Å². The zero-order valence-electron chi connectivity index (χ0n) is 28.4. The number of ether oxygens (including phenoxy) is 2. The Labute approximate surface area is 282 Å². The zero-order chi connectivity index (χ0) is 34.3. The minimum Gasteiger partial charge on any atom is -0.494 e. The molecule has 4 rings (SSSR count). The number of nitrogens with zero attached hydrogens (tertiary/aromatic N) is 1. The van der Waals surface area contributed by atoms with Crippen LogP contribution in [0, 0.1) is 27.7 Å². The lowest BCUT2D eigenvalue weighted by atomic mass is 9.96. The normalized spacial score (nSPS) is 16.7. The highest BCUT2D eigenvalue weighted by molar-refractivity contribution is 8.00. The molecule has 3 aromatic carbocycles. The summed E-state index contributed by atoms with van der Waals surface area (Å²) < 4.78 is 10.8. The van der Waals surface area contributed by atoms with E-state index in [0.29, 0.717) is 24.7 Å². The number of nitrogens with one attached hydrogen (secondary N) is 2. The van der Waals surface area contributed by atoms with Gasteiger partial charge in [0.25, 0.3) is 11.8 Å². The Morgan fingerprint density at radius 1 is 0.936 bits per heavy atom. The van der Waals surface area contributed by atoms with Crippen LogP contribution in [0.4, 0.5) is 0 Å².